The van der Waals surface area contributed by atoms with Crippen molar-refractivity contribution in [3.8, 4) is 0 Å². The number of carbonyl (C=O) groups excluding carboxylic acids is 2. The number of hydrogen-bond donors (Lipinski definition) is 2. The maximum Gasteiger partial charge on any atom is 0.241 e. The van der Waals surface area contributed by atoms with Gasteiger partial charge in [0.25, 0.3) is 0 Å². The SMILES string of the molecule is CCC(=O)Nc1cccc(NCC(=O)N(C)C2CCCCC2)c1C. The highest BCUT2D eigenvalue weighted by Gasteiger charge is 2.21. The zero-order chi connectivity index (χ0) is 17.5. The minimum Gasteiger partial charge on any atom is -0.376 e. The minimum atomic E-state index is -0.0108. The summed E-state index contributed by atoms with van der Waals surface area (Å²) in [7, 11) is 1.91. The lowest BCUT2D eigenvalue weighted by atomic mass is 9.94. The molecule has 1 aromatic carbocycles. The third-order valence-electron chi connectivity index (χ3n) is 4.87. The average Bonchev–Trinajstić information content (AvgIpc) is 2.62. The maximum atomic E-state index is 12.4. The van der Waals surface area contributed by atoms with E-state index in [4.69, 9.17) is 0 Å². The molecule has 2 amide bonds. The van der Waals surface area contributed by atoms with E-state index < -0.39 is 0 Å². The zero-order valence-electron chi connectivity index (χ0n) is 15.0. The van der Waals surface area contributed by atoms with Gasteiger partial charge in [-0.1, -0.05) is 32.3 Å². The lowest BCUT2D eigenvalue weighted by Crippen LogP contribution is -2.41. The molecular weight excluding hydrogens is 302 g/mol. The van der Waals surface area contributed by atoms with Crippen LogP contribution in [0.5, 0.6) is 0 Å². The lowest BCUT2D eigenvalue weighted by Gasteiger charge is -2.31. The van der Waals surface area contributed by atoms with Crippen LogP contribution in [0.15, 0.2) is 18.2 Å². The Kier molecular flexibility index (Phi) is 6.64. The van der Waals surface area contributed by atoms with Crippen molar-refractivity contribution in [2.45, 2.75) is 58.4 Å². The molecule has 5 heteroatoms. The second-order valence-corrected chi connectivity index (χ2v) is 6.53. The molecule has 0 aromatic heterocycles. The highest BCUT2D eigenvalue weighted by atomic mass is 16.2. The van der Waals surface area contributed by atoms with Crippen LogP contribution in [0.1, 0.15) is 51.0 Å². The summed E-state index contributed by atoms with van der Waals surface area (Å²) in [6.07, 6.45) is 6.38. The van der Waals surface area contributed by atoms with Crippen LogP contribution in [0.4, 0.5) is 11.4 Å². The van der Waals surface area contributed by atoms with E-state index in [0.29, 0.717) is 12.5 Å². The van der Waals surface area contributed by atoms with Crippen LogP contribution in [-0.2, 0) is 9.59 Å². The second-order valence-electron chi connectivity index (χ2n) is 6.53. The van der Waals surface area contributed by atoms with E-state index in [1.54, 1.807) is 0 Å². The first-order valence-corrected chi connectivity index (χ1v) is 8.92. The number of hydrogen-bond acceptors (Lipinski definition) is 3. The minimum absolute atomic E-state index is 0.0108. The Balaban J connectivity index is 1.94. The van der Waals surface area contributed by atoms with Crippen LogP contribution in [0.3, 0.4) is 0 Å². The van der Waals surface area contributed by atoms with Crippen molar-refractivity contribution < 1.29 is 9.59 Å². The summed E-state index contributed by atoms with van der Waals surface area (Å²) in [6, 6.07) is 6.08. The van der Waals surface area contributed by atoms with Gasteiger partial charge < -0.3 is 15.5 Å². The average molecular weight is 331 g/mol. The number of nitrogens with zero attached hydrogens (tertiary/aromatic N) is 1. The van der Waals surface area contributed by atoms with Gasteiger partial charge in [0.2, 0.25) is 11.8 Å². The van der Waals surface area contributed by atoms with Crippen LogP contribution >= 0.6 is 0 Å². The van der Waals surface area contributed by atoms with E-state index in [9.17, 15) is 9.59 Å². The molecule has 1 saturated carbocycles. The first kappa shape index (κ1) is 18.3. The molecule has 0 aliphatic heterocycles. The molecular formula is C19H29N3O2. The first-order valence-electron chi connectivity index (χ1n) is 8.92. The predicted molar refractivity (Wildman–Crippen MR) is 98.2 cm³/mol. The summed E-state index contributed by atoms with van der Waals surface area (Å²) in [5, 5.41) is 6.11. The second kappa shape index (κ2) is 8.71. The predicted octanol–water partition coefficient (Wildman–Crippen LogP) is 3.55. The van der Waals surface area contributed by atoms with E-state index in [1.165, 1.54) is 19.3 Å². The van der Waals surface area contributed by atoms with E-state index in [-0.39, 0.29) is 18.4 Å². The Morgan fingerprint density at radius 2 is 1.83 bits per heavy atom. The summed E-state index contributed by atoms with van der Waals surface area (Å²) in [5.74, 6) is 0.104. The van der Waals surface area contributed by atoms with Gasteiger partial charge in [-0.2, -0.15) is 0 Å². The van der Waals surface area contributed by atoms with Gasteiger partial charge in [0, 0.05) is 30.9 Å². The van der Waals surface area contributed by atoms with Crippen molar-refractivity contribution in [1.82, 2.24) is 4.90 Å². The van der Waals surface area contributed by atoms with E-state index in [1.807, 2.05) is 44.0 Å². The largest absolute Gasteiger partial charge is 0.376 e. The quantitative estimate of drug-likeness (QED) is 0.838. The van der Waals surface area contributed by atoms with Gasteiger partial charge >= 0.3 is 0 Å². The smallest absolute Gasteiger partial charge is 0.241 e. The van der Waals surface area contributed by atoms with Crippen molar-refractivity contribution in [3.05, 3.63) is 23.8 Å². The fourth-order valence-corrected chi connectivity index (χ4v) is 3.17. The van der Waals surface area contributed by atoms with E-state index in [0.717, 1.165) is 29.8 Å². The summed E-state index contributed by atoms with van der Waals surface area (Å²) in [6.45, 7) is 4.05. The molecule has 0 heterocycles. The number of anilines is 2. The molecule has 0 unspecified atom stereocenters. The van der Waals surface area contributed by atoms with Crippen LogP contribution in [-0.4, -0.2) is 36.3 Å². The van der Waals surface area contributed by atoms with Gasteiger partial charge in [-0.05, 0) is 37.5 Å². The van der Waals surface area contributed by atoms with Gasteiger partial charge in [-0.15, -0.1) is 0 Å². The summed E-state index contributed by atoms with van der Waals surface area (Å²) in [4.78, 5) is 25.9. The molecule has 0 bridgehead atoms. The normalized spacial score (nSPS) is 15.0. The molecule has 0 spiro atoms. The lowest BCUT2D eigenvalue weighted by molar-refractivity contribution is -0.130. The molecule has 1 fully saturated rings. The molecule has 1 aliphatic carbocycles. The number of rotatable bonds is 6. The van der Waals surface area contributed by atoms with Crippen LogP contribution in [0.25, 0.3) is 0 Å². The number of amides is 2. The Bertz CT molecular complexity index is 580. The highest BCUT2D eigenvalue weighted by molar-refractivity contribution is 5.92. The highest BCUT2D eigenvalue weighted by Crippen LogP contribution is 2.24. The summed E-state index contributed by atoms with van der Waals surface area (Å²) < 4.78 is 0. The van der Waals surface area contributed by atoms with Crippen LogP contribution in [0.2, 0.25) is 0 Å². The Morgan fingerprint density at radius 1 is 1.17 bits per heavy atom. The third-order valence-corrected chi connectivity index (χ3v) is 4.87. The Morgan fingerprint density at radius 3 is 2.50 bits per heavy atom. The van der Waals surface area contributed by atoms with E-state index >= 15 is 0 Å². The van der Waals surface area contributed by atoms with Gasteiger partial charge in [0.15, 0.2) is 0 Å². The van der Waals surface area contributed by atoms with Crippen molar-refractivity contribution in [1.29, 1.82) is 0 Å². The van der Waals surface area contributed by atoms with E-state index in [2.05, 4.69) is 10.6 Å². The van der Waals surface area contributed by atoms with Crippen molar-refractivity contribution in [2.75, 3.05) is 24.2 Å². The first-order chi connectivity index (χ1) is 11.5. The van der Waals surface area contributed by atoms with Gasteiger partial charge in [0.1, 0.15) is 0 Å². The Labute approximate surface area is 144 Å². The summed E-state index contributed by atoms with van der Waals surface area (Å²) in [5.41, 5.74) is 2.63. The van der Waals surface area contributed by atoms with Crippen molar-refractivity contribution >= 4 is 23.2 Å². The molecule has 2 rings (SSSR count). The maximum absolute atomic E-state index is 12.4. The third kappa shape index (κ3) is 4.73. The van der Waals surface area contributed by atoms with Gasteiger partial charge in [-0.25, -0.2) is 0 Å². The number of carbonyl (C=O) groups is 2. The topological polar surface area (TPSA) is 61.4 Å². The van der Waals surface area contributed by atoms with Crippen molar-refractivity contribution in [3.63, 3.8) is 0 Å². The van der Waals surface area contributed by atoms with Crippen LogP contribution < -0.4 is 10.6 Å². The molecule has 24 heavy (non-hydrogen) atoms. The molecule has 1 aromatic rings. The Hall–Kier alpha value is -2.04. The molecule has 2 N–H and O–H groups in total. The fraction of sp³-hybridized carbons (Fsp3) is 0.579. The molecule has 0 saturated heterocycles. The molecule has 5 nitrogen and oxygen atoms in total. The number of likely N-dealkylation sites (N-methyl/N-ethyl adjacent to an activating group) is 1. The van der Waals surface area contributed by atoms with Crippen molar-refractivity contribution in [2.24, 2.45) is 0 Å². The zero-order valence-corrected chi connectivity index (χ0v) is 15.0. The molecule has 132 valence electrons. The van der Waals surface area contributed by atoms with Gasteiger partial charge in [-0.3, -0.25) is 9.59 Å². The van der Waals surface area contributed by atoms with Crippen LogP contribution in [0, 0.1) is 6.92 Å². The molecule has 1 aliphatic rings. The standard InChI is InChI=1S/C19H29N3O2/c1-4-18(23)21-17-12-8-11-16(14(17)2)20-13-19(24)22(3)15-9-6-5-7-10-15/h8,11-12,15,20H,4-7,9-10,13H2,1-3H3,(H,21,23). The molecule has 0 radical (unpaired) electrons. The number of nitrogens with one attached hydrogen (secondary N) is 2. The fourth-order valence-electron chi connectivity index (χ4n) is 3.17. The summed E-state index contributed by atoms with van der Waals surface area (Å²) >= 11 is 0. The molecule has 0 atom stereocenters. The monoisotopic (exact) mass is 331 g/mol. The number of benzene rings is 1. The van der Waals surface area contributed by atoms with Gasteiger partial charge in [0.05, 0.1) is 6.54 Å².